The minimum atomic E-state index is -0.611. The summed E-state index contributed by atoms with van der Waals surface area (Å²) in [5, 5.41) is 18.6. The van der Waals surface area contributed by atoms with E-state index in [9.17, 15) is 5.11 Å². The normalized spacial score (nSPS) is 20.8. The van der Waals surface area contributed by atoms with Crippen LogP contribution in [0.1, 0.15) is 45.7 Å². The number of hydrogen-bond donors (Lipinski definition) is 1. The predicted molar refractivity (Wildman–Crippen MR) is 72.7 cm³/mol. The van der Waals surface area contributed by atoms with Crippen LogP contribution in [0.2, 0.25) is 0 Å². The molecular weight excluding hydrogens is 226 g/mol. The second-order valence-electron chi connectivity index (χ2n) is 6.06. The summed E-state index contributed by atoms with van der Waals surface area (Å²) >= 11 is 0. The zero-order chi connectivity index (χ0) is 13.3. The molecule has 100 valence electrons. The Labute approximate surface area is 109 Å². The standard InChI is InChI=1S/C14H23N3O/c1-10(2)12-5-6-13(16-15-12)17-8-7-11(9-17)14(3,4)18/h5-6,10-11,18H,7-9H2,1-4H3/t11-/m0/s1. The van der Waals surface area contributed by atoms with Gasteiger partial charge in [-0.05, 0) is 38.3 Å². The average Bonchev–Trinajstić information content (AvgIpc) is 2.78. The van der Waals surface area contributed by atoms with Crippen LogP contribution in [0.5, 0.6) is 0 Å². The lowest BCUT2D eigenvalue weighted by Gasteiger charge is -2.25. The van der Waals surface area contributed by atoms with Gasteiger partial charge in [0.25, 0.3) is 0 Å². The quantitative estimate of drug-likeness (QED) is 0.892. The first-order valence-corrected chi connectivity index (χ1v) is 6.69. The summed E-state index contributed by atoms with van der Waals surface area (Å²) in [7, 11) is 0. The van der Waals surface area contributed by atoms with Crippen LogP contribution < -0.4 is 4.90 Å². The van der Waals surface area contributed by atoms with Gasteiger partial charge in [0.2, 0.25) is 0 Å². The van der Waals surface area contributed by atoms with Crippen LogP contribution in [-0.2, 0) is 0 Å². The van der Waals surface area contributed by atoms with Gasteiger partial charge in [-0.3, -0.25) is 0 Å². The van der Waals surface area contributed by atoms with Crippen molar-refractivity contribution in [1.29, 1.82) is 0 Å². The minimum Gasteiger partial charge on any atom is -0.390 e. The van der Waals surface area contributed by atoms with Crippen LogP contribution >= 0.6 is 0 Å². The van der Waals surface area contributed by atoms with E-state index in [2.05, 4.69) is 28.9 Å². The van der Waals surface area contributed by atoms with Gasteiger partial charge in [-0.1, -0.05) is 13.8 Å². The topological polar surface area (TPSA) is 49.2 Å². The highest BCUT2D eigenvalue weighted by atomic mass is 16.3. The van der Waals surface area contributed by atoms with E-state index in [1.807, 2.05) is 26.0 Å². The van der Waals surface area contributed by atoms with E-state index in [0.717, 1.165) is 31.0 Å². The van der Waals surface area contributed by atoms with E-state index in [4.69, 9.17) is 0 Å². The van der Waals surface area contributed by atoms with Gasteiger partial charge < -0.3 is 10.0 Å². The summed E-state index contributed by atoms with van der Waals surface area (Å²) in [6.45, 7) is 9.81. The fourth-order valence-electron chi connectivity index (χ4n) is 2.36. The third kappa shape index (κ3) is 2.80. The fraction of sp³-hybridized carbons (Fsp3) is 0.714. The Bertz CT molecular complexity index is 394. The fourth-order valence-corrected chi connectivity index (χ4v) is 2.36. The second kappa shape index (κ2) is 4.84. The first kappa shape index (κ1) is 13.3. The summed E-state index contributed by atoms with van der Waals surface area (Å²) < 4.78 is 0. The Balaban J connectivity index is 2.05. The molecule has 1 aromatic heterocycles. The maximum atomic E-state index is 10.0. The molecule has 1 saturated heterocycles. The third-order valence-corrected chi connectivity index (χ3v) is 3.77. The number of nitrogens with zero attached hydrogens (tertiary/aromatic N) is 3. The van der Waals surface area contributed by atoms with Gasteiger partial charge in [-0.2, -0.15) is 5.10 Å². The van der Waals surface area contributed by atoms with E-state index in [-0.39, 0.29) is 0 Å². The number of aromatic nitrogens is 2. The Morgan fingerprint density at radius 3 is 2.50 bits per heavy atom. The molecule has 2 heterocycles. The van der Waals surface area contributed by atoms with Crippen molar-refractivity contribution in [2.75, 3.05) is 18.0 Å². The summed E-state index contributed by atoms with van der Waals surface area (Å²) in [4.78, 5) is 2.21. The summed E-state index contributed by atoms with van der Waals surface area (Å²) in [5.74, 6) is 1.64. The molecule has 1 atom stereocenters. The van der Waals surface area contributed by atoms with E-state index < -0.39 is 5.60 Å². The van der Waals surface area contributed by atoms with Crippen LogP contribution in [0.15, 0.2) is 12.1 Å². The van der Waals surface area contributed by atoms with Gasteiger partial charge >= 0.3 is 0 Å². The maximum absolute atomic E-state index is 10.0. The van der Waals surface area contributed by atoms with Gasteiger partial charge in [0.1, 0.15) is 0 Å². The number of hydrogen-bond acceptors (Lipinski definition) is 4. The van der Waals surface area contributed by atoms with Crippen molar-refractivity contribution in [3.05, 3.63) is 17.8 Å². The highest BCUT2D eigenvalue weighted by Crippen LogP contribution is 2.29. The zero-order valence-electron chi connectivity index (χ0n) is 11.7. The molecule has 1 aliphatic heterocycles. The van der Waals surface area contributed by atoms with E-state index >= 15 is 0 Å². The number of rotatable bonds is 3. The Kier molecular flexibility index (Phi) is 3.57. The van der Waals surface area contributed by atoms with Crippen molar-refractivity contribution in [2.45, 2.75) is 45.6 Å². The predicted octanol–water partition coefficient (Wildman–Crippen LogP) is 2.20. The molecule has 4 heteroatoms. The molecule has 0 aliphatic carbocycles. The largest absolute Gasteiger partial charge is 0.390 e. The lowest BCUT2D eigenvalue weighted by atomic mass is 9.90. The van der Waals surface area contributed by atoms with E-state index in [1.165, 1.54) is 0 Å². The number of aliphatic hydroxyl groups is 1. The molecule has 1 N–H and O–H groups in total. The maximum Gasteiger partial charge on any atom is 0.151 e. The van der Waals surface area contributed by atoms with Crippen molar-refractivity contribution in [3.63, 3.8) is 0 Å². The molecule has 0 spiro atoms. The minimum absolute atomic E-state index is 0.309. The third-order valence-electron chi connectivity index (χ3n) is 3.77. The van der Waals surface area contributed by atoms with Crippen LogP contribution in [0.3, 0.4) is 0 Å². The average molecular weight is 249 g/mol. The smallest absolute Gasteiger partial charge is 0.151 e. The monoisotopic (exact) mass is 249 g/mol. The SMILES string of the molecule is CC(C)c1ccc(N2CC[C@H](C(C)(C)O)C2)nn1. The molecule has 0 aromatic carbocycles. The zero-order valence-corrected chi connectivity index (χ0v) is 11.7. The second-order valence-corrected chi connectivity index (χ2v) is 6.06. The van der Waals surface area contributed by atoms with E-state index in [1.54, 1.807) is 0 Å². The molecule has 0 amide bonds. The van der Waals surface area contributed by atoms with Gasteiger partial charge in [-0.25, -0.2) is 0 Å². The van der Waals surface area contributed by atoms with Gasteiger partial charge in [-0.15, -0.1) is 5.10 Å². The van der Waals surface area contributed by atoms with Crippen molar-refractivity contribution in [1.82, 2.24) is 10.2 Å². The van der Waals surface area contributed by atoms with Gasteiger partial charge in [0, 0.05) is 19.0 Å². The molecule has 0 saturated carbocycles. The Morgan fingerprint density at radius 2 is 2.06 bits per heavy atom. The molecule has 0 radical (unpaired) electrons. The molecule has 1 aromatic rings. The summed E-state index contributed by atoms with van der Waals surface area (Å²) in [6.07, 6.45) is 1.01. The number of anilines is 1. The van der Waals surface area contributed by atoms with Gasteiger partial charge in [0.15, 0.2) is 5.82 Å². The Morgan fingerprint density at radius 1 is 1.33 bits per heavy atom. The molecular formula is C14H23N3O. The lowest BCUT2D eigenvalue weighted by molar-refractivity contribution is 0.0263. The lowest BCUT2D eigenvalue weighted by Crippen LogP contribution is -2.33. The summed E-state index contributed by atoms with van der Waals surface area (Å²) in [5.41, 5.74) is 0.414. The first-order chi connectivity index (χ1) is 8.38. The molecule has 4 nitrogen and oxygen atoms in total. The van der Waals surface area contributed by atoms with E-state index in [0.29, 0.717) is 11.8 Å². The van der Waals surface area contributed by atoms with Crippen LogP contribution in [0.4, 0.5) is 5.82 Å². The van der Waals surface area contributed by atoms with Crippen LogP contribution in [-0.4, -0.2) is 34.0 Å². The highest BCUT2D eigenvalue weighted by Gasteiger charge is 2.34. The van der Waals surface area contributed by atoms with Crippen molar-refractivity contribution < 1.29 is 5.11 Å². The van der Waals surface area contributed by atoms with Crippen molar-refractivity contribution in [3.8, 4) is 0 Å². The Hall–Kier alpha value is -1.16. The molecule has 1 aliphatic rings. The first-order valence-electron chi connectivity index (χ1n) is 6.69. The molecule has 18 heavy (non-hydrogen) atoms. The van der Waals surface area contributed by atoms with Crippen LogP contribution in [0, 0.1) is 5.92 Å². The van der Waals surface area contributed by atoms with Crippen molar-refractivity contribution in [2.24, 2.45) is 5.92 Å². The molecule has 0 bridgehead atoms. The molecule has 1 fully saturated rings. The van der Waals surface area contributed by atoms with Gasteiger partial charge in [0.05, 0.1) is 11.3 Å². The van der Waals surface area contributed by atoms with Crippen LogP contribution in [0.25, 0.3) is 0 Å². The highest BCUT2D eigenvalue weighted by molar-refractivity contribution is 5.39. The summed E-state index contributed by atoms with van der Waals surface area (Å²) in [6, 6.07) is 4.08. The molecule has 0 unspecified atom stereocenters. The molecule has 2 rings (SSSR count). The van der Waals surface area contributed by atoms with Crippen molar-refractivity contribution >= 4 is 5.82 Å².